The van der Waals surface area contributed by atoms with Crippen molar-refractivity contribution in [1.29, 1.82) is 0 Å². The van der Waals surface area contributed by atoms with E-state index in [1.54, 1.807) is 6.92 Å². The van der Waals surface area contributed by atoms with Gasteiger partial charge in [0.2, 0.25) is 11.8 Å². The molecule has 2 rings (SSSR count). The number of halogens is 1. The van der Waals surface area contributed by atoms with Crippen molar-refractivity contribution in [3.8, 4) is 0 Å². The molecule has 1 N–H and O–H groups in total. The Labute approximate surface area is 134 Å². The van der Waals surface area contributed by atoms with Crippen LogP contribution in [-0.2, 0) is 16.1 Å². The highest BCUT2D eigenvalue weighted by atomic mass is 79.9. The smallest absolute Gasteiger partial charge is 0.248 e. The summed E-state index contributed by atoms with van der Waals surface area (Å²) in [6, 6.07) is 7.81. The minimum atomic E-state index is -0.808. The van der Waals surface area contributed by atoms with E-state index in [1.807, 2.05) is 43.0 Å². The zero-order valence-corrected chi connectivity index (χ0v) is 14.2. The molecule has 114 valence electrons. The van der Waals surface area contributed by atoms with Gasteiger partial charge in [0.15, 0.2) is 0 Å². The van der Waals surface area contributed by atoms with Crippen molar-refractivity contribution in [2.75, 3.05) is 0 Å². The number of nitrogens with zero attached hydrogens (tertiary/aromatic N) is 1. The lowest BCUT2D eigenvalue weighted by Crippen LogP contribution is -2.55. The molecule has 5 heteroatoms. The molecule has 2 amide bonds. The van der Waals surface area contributed by atoms with E-state index in [0.29, 0.717) is 19.4 Å². The molecule has 1 fully saturated rings. The second-order valence-electron chi connectivity index (χ2n) is 5.85. The predicted octanol–water partition coefficient (Wildman–Crippen LogP) is 2.85. The Morgan fingerprint density at radius 3 is 2.52 bits per heavy atom. The summed E-state index contributed by atoms with van der Waals surface area (Å²) >= 11 is 3.41. The highest BCUT2D eigenvalue weighted by Crippen LogP contribution is 2.23. The second kappa shape index (κ2) is 6.18. The van der Waals surface area contributed by atoms with Crippen molar-refractivity contribution in [1.82, 2.24) is 10.2 Å². The first-order valence-electron chi connectivity index (χ1n) is 7.22. The standard InChI is InChI=1S/C16H21BrN2O2/c1-4-16(3)15(21)19(11(2)9-14(20)18-16)10-12-5-7-13(17)8-6-12/h5-8,11H,4,9-10H2,1-3H3,(H,18,20). The Kier molecular flexibility index (Phi) is 4.71. The first-order chi connectivity index (χ1) is 9.85. The van der Waals surface area contributed by atoms with Crippen LogP contribution in [0.4, 0.5) is 0 Å². The van der Waals surface area contributed by atoms with E-state index in [0.717, 1.165) is 10.0 Å². The Bertz CT molecular complexity index is 544. The van der Waals surface area contributed by atoms with Crippen LogP contribution < -0.4 is 5.32 Å². The summed E-state index contributed by atoms with van der Waals surface area (Å²) in [6.07, 6.45) is 0.930. The fourth-order valence-electron chi connectivity index (χ4n) is 2.56. The van der Waals surface area contributed by atoms with Crippen molar-refractivity contribution in [2.45, 2.75) is 51.7 Å². The molecule has 4 nitrogen and oxygen atoms in total. The highest BCUT2D eigenvalue weighted by Gasteiger charge is 2.41. The zero-order chi connectivity index (χ0) is 15.6. The zero-order valence-electron chi connectivity index (χ0n) is 12.6. The summed E-state index contributed by atoms with van der Waals surface area (Å²) in [4.78, 5) is 26.6. The molecule has 21 heavy (non-hydrogen) atoms. The lowest BCUT2D eigenvalue weighted by Gasteiger charge is -2.33. The predicted molar refractivity (Wildman–Crippen MR) is 85.6 cm³/mol. The first kappa shape index (κ1) is 16.0. The molecule has 1 aliphatic rings. The van der Waals surface area contributed by atoms with E-state index in [9.17, 15) is 9.59 Å². The Morgan fingerprint density at radius 2 is 1.95 bits per heavy atom. The fourth-order valence-corrected chi connectivity index (χ4v) is 2.83. The van der Waals surface area contributed by atoms with E-state index in [-0.39, 0.29) is 17.9 Å². The van der Waals surface area contributed by atoms with Crippen LogP contribution in [-0.4, -0.2) is 28.3 Å². The van der Waals surface area contributed by atoms with Crippen molar-refractivity contribution in [3.05, 3.63) is 34.3 Å². The number of nitrogens with one attached hydrogen (secondary N) is 1. The van der Waals surface area contributed by atoms with Gasteiger partial charge in [-0.05, 0) is 38.0 Å². The van der Waals surface area contributed by atoms with Gasteiger partial charge in [0.1, 0.15) is 5.54 Å². The molecule has 2 unspecified atom stereocenters. The molecule has 1 aromatic rings. The number of carbonyl (C=O) groups is 2. The van der Waals surface area contributed by atoms with Crippen LogP contribution in [0, 0.1) is 0 Å². The van der Waals surface area contributed by atoms with Gasteiger partial charge in [0.05, 0.1) is 0 Å². The van der Waals surface area contributed by atoms with Gasteiger partial charge in [-0.25, -0.2) is 0 Å². The summed E-state index contributed by atoms with van der Waals surface area (Å²) in [5.41, 5.74) is 0.253. The van der Waals surface area contributed by atoms with Crippen LogP contribution in [0.1, 0.15) is 39.2 Å². The summed E-state index contributed by atoms with van der Waals surface area (Å²) in [5.74, 6) is -0.0650. The van der Waals surface area contributed by atoms with E-state index in [4.69, 9.17) is 0 Å². The van der Waals surface area contributed by atoms with Crippen LogP contribution in [0.3, 0.4) is 0 Å². The van der Waals surface area contributed by atoms with Gasteiger partial charge in [-0.2, -0.15) is 0 Å². The van der Waals surface area contributed by atoms with Crippen LogP contribution >= 0.6 is 15.9 Å². The SMILES string of the molecule is CCC1(C)NC(=O)CC(C)N(Cc2ccc(Br)cc2)C1=O. The van der Waals surface area contributed by atoms with Crippen molar-refractivity contribution < 1.29 is 9.59 Å². The Balaban J connectivity index is 2.28. The average Bonchev–Trinajstić information content (AvgIpc) is 2.52. The Morgan fingerprint density at radius 1 is 1.33 bits per heavy atom. The lowest BCUT2D eigenvalue weighted by molar-refractivity contribution is -0.140. The minimum absolute atomic E-state index is 0.00808. The number of hydrogen-bond acceptors (Lipinski definition) is 2. The monoisotopic (exact) mass is 352 g/mol. The molecular weight excluding hydrogens is 332 g/mol. The molecule has 2 atom stereocenters. The third-order valence-corrected chi connectivity index (χ3v) is 4.66. The molecule has 0 aliphatic carbocycles. The number of hydrogen-bond donors (Lipinski definition) is 1. The number of amides is 2. The van der Waals surface area contributed by atoms with Gasteiger partial charge in [0.25, 0.3) is 0 Å². The molecule has 0 aromatic heterocycles. The number of rotatable bonds is 3. The fraction of sp³-hybridized carbons (Fsp3) is 0.500. The lowest BCUT2D eigenvalue weighted by atomic mass is 9.96. The second-order valence-corrected chi connectivity index (χ2v) is 6.76. The van der Waals surface area contributed by atoms with Gasteiger partial charge in [-0.1, -0.05) is 35.0 Å². The molecule has 0 radical (unpaired) electrons. The van der Waals surface area contributed by atoms with Crippen LogP contribution in [0.5, 0.6) is 0 Å². The van der Waals surface area contributed by atoms with E-state index in [1.165, 1.54) is 0 Å². The van der Waals surface area contributed by atoms with Gasteiger partial charge in [-0.15, -0.1) is 0 Å². The third kappa shape index (κ3) is 3.46. The van der Waals surface area contributed by atoms with Crippen molar-refractivity contribution in [2.24, 2.45) is 0 Å². The maximum Gasteiger partial charge on any atom is 0.248 e. The minimum Gasteiger partial charge on any atom is -0.342 e. The van der Waals surface area contributed by atoms with E-state index < -0.39 is 5.54 Å². The molecule has 1 saturated heterocycles. The first-order valence-corrected chi connectivity index (χ1v) is 8.01. The molecule has 0 spiro atoms. The molecular formula is C16H21BrN2O2. The van der Waals surface area contributed by atoms with E-state index in [2.05, 4.69) is 21.2 Å². The summed E-state index contributed by atoms with van der Waals surface area (Å²) in [7, 11) is 0. The summed E-state index contributed by atoms with van der Waals surface area (Å²) < 4.78 is 1.01. The topological polar surface area (TPSA) is 49.4 Å². The van der Waals surface area contributed by atoms with Gasteiger partial charge >= 0.3 is 0 Å². The van der Waals surface area contributed by atoms with Crippen molar-refractivity contribution >= 4 is 27.7 Å². The maximum absolute atomic E-state index is 12.8. The number of benzene rings is 1. The van der Waals surface area contributed by atoms with Crippen LogP contribution in [0.25, 0.3) is 0 Å². The number of carbonyl (C=O) groups excluding carboxylic acids is 2. The molecule has 1 aliphatic heterocycles. The van der Waals surface area contributed by atoms with E-state index >= 15 is 0 Å². The maximum atomic E-state index is 12.8. The molecule has 1 heterocycles. The highest BCUT2D eigenvalue weighted by molar-refractivity contribution is 9.10. The van der Waals surface area contributed by atoms with Crippen molar-refractivity contribution in [3.63, 3.8) is 0 Å². The van der Waals surface area contributed by atoms with Gasteiger partial charge in [0, 0.05) is 23.5 Å². The van der Waals surface area contributed by atoms with Gasteiger partial charge < -0.3 is 10.2 Å². The van der Waals surface area contributed by atoms with Crippen LogP contribution in [0.15, 0.2) is 28.7 Å². The normalized spacial score (nSPS) is 26.5. The summed E-state index contributed by atoms with van der Waals surface area (Å²) in [5, 5.41) is 2.87. The third-order valence-electron chi connectivity index (χ3n) is 4.13. The quantitative estimate of drug-likeness (QED) is 0.909. The average molecular weight is 353 g/mol. The van der Waals surface area contributed by atoms with Crippen LogP contribution in [0.2, 0.25) is 0 Å². The Hall–Kier alpha value is -1.36. The molecule has 0 saturated carbocycles. The van der Waals surface area contributed by atoms with Gasteiger partial charge in [-0.3, -0.25) is 9.59 Å². The molecule has 0 bridgehead atoms. The largest absolute Gasteiger partial charge is 0.342 e. The molecule has 1 aromatic carbocycles. The summed E-state index contributed by atoms with van der Waals surface area (Å²) in [6.45, 7) is 6.18.